The van der Waals surface area contributed by atoms with E-state index in [2.05, 4.69) is 34.1 Å². The number of ether oxygens (including phenoxy) is 1. The first-order valence-electron chi connectivity index (χ1n) is 9.21. The van der Waals surface area contributed by atoms with Crippen molar-refractivity contribution in [2.45, 2.75) is 19.9 Å². The van der Waals surface area contributed by atoms with Gasteiger partial charge in [0.25, 0.3) is 0 Å². The topological polar surface area (TPSA) is 28.1 Å². The summed E-state index contributed by atoms with van der Waals surface area (Å²) in [5.41, 5.74) is 2.40. The van der Waals surface area contributed by atoms with E-state index in [4.69, 9.17) is 16.3 Å². The van der Waals surface area contributed by atoms with Crippen LogP contribution in [0.15, 0.2) is 53.6 Å². The highest BCUT2D eigenvalue weighted by molar-refractivity contribution is 6.30. The van der Waals surface area contributed by atoms with Crippen LogP contribution in [0.25, 0.3) is 0 Å². The molecule has 0 aromatic heterocycles. The second kappa shape index (κ2) is 9.60. The fraction of sp³-hybridized carbons (Fsp3) is 0.381. The highest BCUT2D eigenvalue weighted by atomic mass is 35.5. The van der Waals surface area contributed by atoms with Gasteiger partial charge in [-0.1, -0.05) is 30.7 Å². The fourth-order valence-electron chi connectivity index (χ4n) is 2.88. The van der Waals surface area contributed by atoms with Crippen LogP contribution >= 0.6 is 11.6 Å². The number of piperazine rings is 1. The third kappa shape index (κ3) is 5.75. The summed E-state index contributed by atoms with van der Waals surface area (Å²) in [6.45, 7) is 7.76. The maximum absolute atomic E-state index is 5.95. The molecule has 0 aliphatic carbocycles. The lowest BCUT2D eigenvalue weighted by Crippen LogP contribution is -2.43. The number of hydrazone groups is 1. The van der Waals surface area contributed by atoms with Gasteiger partial charge < -0.3 is 4.74 Å². The molecule has 0 radical (unpaired) electrons. The molecule has 0 N–H and O–H groups in total. The van der Waals surface area contributed by atoms with E-state index in [0.29, 0.717) is 0 Å². The standard InChI is InChI=1S/C21H26ClN3O/c1-2-15-26-21-9-5-18(6-10-21)16-23-25-13-11-24(12-14-25)17-19-3-7-20(22)8-4-19/h3-10,16H,2,11-15,17H2,1H3/b23-16-. The van der Waals surface area contributed by atoms with Crippen molar-refractivity contribution in [3.63, 3.8) is 0 Å². The van der Waals surface area contributed by atoms with Gasteiger partial charge in [0.1, 0.15) is 5.75 Å². The minimum Gasteiger partial charge on any atom is -0.494 e. The third-order valence-corrected chi connectivity index (χ3v) is 4.64. The first-order valence-corrected chi connectivity index (χ1v) is 9.59. The highest BCUT2D eigenvalue weighted by Gasteiger charge is 2.15. The Hall–Kier alpha value is -2.04. The number of halogens is 1. The zero-order valence-corrected chi connectivity index (χ0v) is 16.0. The van der Waals surface area contributed by atoms with Crippen LogP contribution in [0.3, 0.4) is 0 Å². The Morgan fingerprint density at radius 1 is 1.00 bits per heavy atom. The van der Waals surface area contributed by atoms with Crippen molar-refractivity contribution >= 4 is 17.8 Å². The summed E-state index contributed by atoms with van der Waals surface area (Å²) in [5.74, 6) is 0.916. The van der Waals surface area contributed by atoms with Crippen molar-refractivity contribution in [1.29, 1.82) is 0 Å². The molecule has 2 aromatic carbocycles. The van der Waals surface area contributed by atoms with Crippen LogP contribution in [0, 0.1) is 0 Å². The Balaban J connectivity index is 1.44. The van der Waals surface area contributed by atoms with Crippen molar-refractivity contribution in [2.24, 2.45) is 5.10 Å². The Labute approximate surface area is 161 Å². The van der Waals surface area contributed by atoms with Gasteiger partial charge in [0, 0.05) is 37.7 Å². The van der Waals surface area contributed by atoms with E-state index in [1.807, 2.05) is 42.6 Å². The van der Waals surface area contributed by atoms with Crippen LogP contribution in [-0.4, -0.2) is 48.9 Å². The van der Waals surface area contributed by atoms with Gasteiger partial charge in [0.15, 0.2) is 0 Å². The quantitative estimate of drug-likeness (QED) is 0.680. The molecule has 26 heavy (non-hydrogen) atoms. The molecule has 5 heteroatoms. The van der Waals surface area contributed by atoms with Gasteiger partial charge in [-0.25, -0.2) is 0 Å². The Morgan fingerprint density at radius 2 is 1.69 bits per heavy atom. The fourth-order valence-corrected chi connectivity index (χ4v) is 3.00. The van der Waals surface area contributed by atoms with Gasteiger partial charge in [0.05, 0.1) is 12.8 Å². The van der Waals surface area contributed by atoms with Crippen LogP contribution < -0.4 is 4.74 Å². The van der Waals surface area contributed by atoms with Crippen molar-refractivity contribution in [2.75, 3.05) is 32.8 Å². The van der Waals surface area contributed by atoms with E-state index in [1.165, 1.54) is 5.56 Å². The van der Waals surface area contributed by atoms with Gasteiger partial charge in [-0.15, -0.1) is 0 Å². The molecule has 1 saturated heterocycles. The molecule has 1 fully saturated rings. The summed E-state index contributed by atoms with van der Waals surface area (Å²) in [6, 6.07) is 16.2. The normalized spacial score (nSPS) is 15.5. The second-order valence-electron chi connectivity index (χ2n) is 6.52. The van der Waals surface area contributed by atoms with Crippen molar-refractivity contribution in [3.8, 4) is 5.75 Å². The summed E-state index contributed by atoms with van der Waals surface area (Å²) < 4.78 is 5.60. The summed E-state index contributed by atoms with van der Waals surface area (Å²) >= 11 is 5.95. The summed E-state index contributed by atoms with van der Waals surface area (Å²) in [5, 5.41) is 7.55. The third-order valence-electron chi connectivity index (χ3n) is 4.39. The average molecular weight is 372 g/mol. The summed E-state index contributed by atoms with van der Waals surface area (Å²) in [6.07, 6.45) is 2.95. The summed E-state index contributed by atoms with van der Waals surface area (Å²) in [7, 11) is 0. The van der Waals surface area contributed by atoms with Crippen LogP contribution in [0.5, 0.6) is 5.75 Å². The minimum atomic E-state index is 0.758. The Kier molecular flexibility index (Phi) is 6.92. The van der Waals surface area contributed by atoms with E-state index >= 15 is 0 Å². The molecule has 1 aliphatic rings. The zero-order chi connectivity index (χ0) is 18.2. The molecule has 1 heterocycles. The van der Waals surface area contributed by atoms with Crippen LogP contribution in [0.2, 0.25) is 5.02 Å². The molecular formula is C21H26ClN3O. The first-order chi connectivity index (χ1) is 12.7. The molecule has 4 nitrogen and oxygen atoms in total. The Bertz CT molecular complexity index is 692. The van der Waals surface area contributed by atoms with E-state index in [-0.39, 0.29) is 0 Å². The summed E-state index contributed by atoms with van der Waals surface area (Å²) in [4.78, 5) is 2.45. The SMILES string of the molecule is CCCOc1ccc(/C=N\N2CCN(Cc3ccc(Cl)cc3)CC2)cc1. The lowest BCUT2D eigenvalue weighted by Gasteiger charge is -2.33. The smallest absolute Gasteiger partial charge is 0.119 e. The molecule has 0 atom stereocenters. The van der Waals surface area contributed by atoms with Crippen molar-refractivity contribution in [1.82, 2.24) is 9.91 Å². The predicted molar refractivity (Wildman–Crippen MR) is 108 cm³/mol. The predicted octanol–water partition coefficient (Wildman–Crippen LogP) is 4.28. The average Bonchev–Trinajstić information content (AvgIpc) is 2.68. The van der Waals surface area contributed by atoms with Crippen molar-refractivity contribution in [3.05, 3.63) is 64.7 Å². The van der Waals surface area contributed by atoms with Gasteiger partial charge in [0.2, 0.25) is 0 Å². The molecule has 0 saturated carbocycles. The molecule has 0 unspecified atom stereocenters. The van der Waals surface area contributed by atoms with E-state index < -0.39 is 0 Å². The number of nitrogens with zero attached hydrogens (tertiary/aromatic N) is 3. The lowest BCUT2D eigenvalue weighted by atomic mass is 10.2. The van der Waals surface area contributed by atoms with Gasteiger partial charge in [-0.05, 0) is 53.9 Å². The zero-order valence-electron chi connectivity index (χ0n) is 15.3. The number of hydrogen-bond acceptors (Lipinski definition) is 4. The number of benzene rings is 2. The second-order valence-corrected chi connectivity index (χ2v) is 6.95. The number of rotatable bonds is 7. The molecule has 1 aliphatic heterocycles. The van der Waals surface area contributed by atoms with Crippen LogP contribution in [-0.2, 0) is 6.54 Å². The highest BCUT2D eigenvalue weighted by Crippen LogP contribution is 2.14. The molecule has 0 amide bonds. The van der Waals surface area contributed by atoms with Gasteiger partial charge in [-0.3, -0.25) is 9.91 Å². The first kappa shape index (κ1) is 18.7. The molecule has 3 rings (SSSR count). The van der Waals surface area contributed by atoms with Gasteiger partial charge >= 0.3 is 0 Å². The van der Waals surface area contributed by atoms with E-state index in [9.17, 15) is 0 Å². The molecule has 0 bridgehead atoms. The van der Waals surface area contributed by atoms with Gasteiger partial charge in [-0.2, -0.15) is 5.10 Å². The Morgan fingerprint density at radius 3 is 2.35 bits per heavy atom. The molecule has 138 valence electrons. The van der Waals surface area contributed by atoms with E-state index in [0.717, 1.165) is 62.1 Å². The van der Waals surface area contributed by atoms with Crippen molar-refractivity contribution < 1.29 is 4.74 Å². The maximum atomic E-state index is 5.95. The molecule has 0 spiro atoms. The minimum absolute atomic E-state index is 0.758. The lowest BCUT2D eigenvalue weighted by molar-refractivity contribution is 0.131. The van der Waals surface area contributed by atoms with Crippen LogP contribution in [0.4, 0.5) is 0 Å². The molecular weight excluding hydrogens is 346 g/mol. The molecule has 2 aromatic rings. The monoisotopic (exact) mass is 371 g/mol. The largest absolute Gasteiger partial charge is 0.494 e. The maximum Gasteiger partial charge on any atom is 0.119 e. The van der Waals surface area contributed by atoms with Crippen LogP contribution in [0.1, 0.15) is 24.5 Å². The van der Waals surface area contributed by atoms with E-state index in [1.54, 1.807) is 0 Å². The number of hydrogen-bond donors (Lipinski definition) is 0.